The smallest absolute Gasteiger partial charge is 0.414 e. The standard InChI is InChI=1S/C19H25FN4O3/c1-11(25)21-7-13-8-24(19(26)27-13)12-4-5-14(17(20)6-12)18-15-9-23(22(2)3)10-16(15)18/h4-6,13,15-16,18H,7-10H2,1-3H3,(H,21,25)/t13-,15-,16+,18+/m0/s1. The Morgan fingerprint density at radius 3 is 2.59 bits per heavy atom. The molecule has 2 heterocycles. The monoisotopic (exact) mass is 376 g/mol. The summed E-state index contributed by atoms with van der Waals surface area (Å²) < 4.78 is 20.0. The molecule has 2 amide bonds. The Labute approximate surface area is 158 Å². The maximum absolute atomic E-state index is 14.8. The highest BCUT2D eigenvalue weighted by Crippen LogP contribution is 2.58. The Balaban J connectivity index is 1.41. The number of piperidine rings is 1. The van der Waals surface area contributed by atoms with Crippen LogP contribution in [0.3, 0.4) is 0 Å². The first kappa shape index (κ1) is 18.2. The normalized spacial score (nSPS) is 29.8. The first-order valence-electron chi connectivity index (χ1n) is 9.29. The van der Waals surface area contributed by atoms with E-state index in [1.54, 1.807) is 6.07 Å². The van der Waals surface area contributed by atoms with Crippen LogP contribution in [0, 0.1) is 17.7 Å². The number of ether oxygens (including phenoxy) is 1. The number of carbonyl (C=O) groups excluding carboxylic acids is 2. The summed E-state index contributed by atoms with van der Waals surface area (Å²) in [7, 11) is 4.06. The number of nitrogens with one attached hydrogen (secondary N) is 1. The molecule has 1 aromatic rings. The zero-order chi connectivity index (χ0) is 19.3. The molecule has 146 valence electrons. The molecule has 4 rings (SSSR count). The highest BCUT2D eigenvalue weighted by Gasteiger charge is 2.57. The van der Waals surface area contributed by atoms with Crippen molar-refractivity contribution in [3.8, 4) is 0 Å². The van der Waals surface area contributed by atoms with Crippen LogP contribution in [0.2, 0.25) is 0 Å². The molecular weight excluding hydrogens is 351 g/mol. The molecule has 2 saturated heterocycles. The maximum Gasteiger partial charge on any atom is 0.414 e. The lowest BCUT2D eigenvalue weighted by Gasteiger charge is -2.26. The van der Waals surface area contributed by atoms with E-state index in [9.17, 15) is 14.0 Å². The Kier molecular flexibility index (Phi) is 4.55. The van der Waals surface area contributed by atoms with Gasteiger partial charge >= 0.3 is 6.09 Å². The molecule has 1 aliphatic carbocycles. The average Bonchev–Trinajstić information content (AvgIpc) is 2.95. The fourth-order valence-electron chi connectivity index (χ4n) is 4.34. The third kappa shape index (κ3) is 3.39. The average molecular weight is 376 g/mol. The number of rotatable bonds is 5. The second kappa shape index (κ2) is 6.76. The van der Waals surface area contributed by atoms with E-state index in [-0.39, 0.29) is 24.2 Å². The molecule has 0 radical (unpaired) electrons. The summed E-state index contributed by atoms with van der Waals surface area (Å²) in [4.78, 5) is 24.5. The zero-order valence-electron chi connectivity index (χ0n) is 15.8. The lowest BCUT2D eigenvalue weighted by atomic mass is 10.1. The molecular formula is C19H25FN4O3. The van der Waals surface area contributed by atoms with E-state index in [1.807, 2.05) is 20.2 Å². The number of cyclic esters (lactones) is 1. The van der Waals surface area contributed by atoms with Crippen molar-refractivity contribution in [3.63, 3.8) is 0 Å². The Morgan fingerprint density at radius 2 is 2.00 bits per heavy atom. The van der Waals surface area contributed by atoms with E-state index in [1.165, 1.54) is 17.9 Å². The summed E-state index contributed by atoms with van der Waals surface area (Å²) in [6.07, 6.45) is -0.939. The maximum atomic E-state index is 14.8. The predicted molar refractivity (Wildman–Crippen MR) is 97.7 cm³/mol. The van der Waals surface area contributed by atoms with E-state index in [2.05, 4.69) is 15.3 Å². The molecule has 7 nitrogen and oxygen atoms in total. The Hall–Kier alpha value is -2.19. The molecule has 0 spiro atoms. The number of carbonyl (C=O) groups is 2. The number of hydrogen-bond acceptors (Lipinski definition) is 5. The number of hydrogen-bond donors (Lipinski definition) is 1. The fourth-order valence-corrected chi connectivity index (χ4v) is 4.34. The number of halogens is 1. The van der Waals surface area contributed by atoms with E-state index < -0.39 is 12.2 Å². The Morgan fingerprint density at radius 1 is 1.30 bits per heavy atom. The topological polar surface area (TPSA) is 65.1 Å². The molecule has 0 aromatic heterocycles. The lowest BCUT2D eigenvalue weighted by molar-refractivity contribution is -0.119. The zero-order valence-corrected chi connectivity index (χ0v) is 15.8. The molecule has 2 aliphatic heterocycles. The number of anilines is 1. The van der Waals surface area contributed by atoms with Crippen LogP contribution in [-0.2, 0) is 9.53 Å². The quantitative estimate of drug-likeness (QED) is 0.842. The van der Waals surface area contributed by atoms with Crippen LogP contribution < -0.4 is 10.2 Å². The van der Waals surface area contributed by atoms with Gasteiger partial charge in [0.2, 0.25) is 5.91 Å². The van der Waals surface area contributed by atoms with Gasteiger partial charge in [-0.15, -0.1) is 0 Å². The van der Waals surface area contributed by atoms with Crippen molar-refractivity contribution < 1.29 is 18.7 Å². The van der Waals surface area contributed by atoms with Crippen molar-refractivity contribution >= 4 is 17.7 Å². The largest absolute Gasteiger partial charge is 0.442 e. The van der Waals surface area contributed by atoms with Gasteiger partial charge in [-0.25, -0.2) is 19.2 Å². The van der Waals surface area contributed by atoms with E-state index in [0.29, 0.717) is 24.1 Å². The minimum atomic E-state index is -0.512. The van der Waals surface area contributed by atoms with Crippen LogP contribution >= 0.6 is 0 Å². The third-order valence-electron chi connectivity index (χ3n) is 5.85. The van der Waals surface area contributed by atoms with Crippen LogP contribution in [0.4, 0.5) is 14.9 Å². The molecule has 27 heavy (non-hydrogen) atoms. The van der Waals surface area contributed by atoms with Crippen LogP contribution in [0.25, 0.3) is 0 Å². The lowest BCUT2D eigenvalue weighted by Crippen LogP contribution is -2.36. The molecule has 0 unspecified atom stereocenters. The van der Waals surface area contributed by atoms with Gasteiger partial charge in [-0.2, -0.15) is 0 Å². The molecule has 4 atom stereocenters. The number of hydrazine groups is 1. The van der Waals surface area contributed by atoms with E-state index >= 15 is 0 Å². The van der Waals surface area contributed by atoms with Crippen molar-refractivity contribution in [2.45, 2.75) is 18.9 Å². The van der Waals surface area contributed by atoms with Crippen LogP contribution in [-0.4, -0.2) is 68.4 Å². The van der Waals surface area contributed by atoms with E-state index in [4.69, 9.17) is 4.74 Å². The van der Waals surface area contributed by atoms with E-state index in [0.717, 1.165) is 18.7 Å². The van der Waals surface area contributed by atoms with Crippen LogP contribution in [0.5, 0.6) is 0 Å². The number of fused-ring (bicyclic) bond motifs is 1. The summed E-state index contributed by atoms with van der Waals surface area (Å²) in [5.74, 6) is 0.843. The van der Waals surface area contributed by atoms with Gasteiger partial charge in [0.15, 0.2) is 0 Å². The number of benzene rings is 1. The van der Waals surface area contributed by atoms with Gasteiger partial charge in [0.1, 0.15) is 11.9 Å². The van der Waals surface area contributed by atoms with Gasteiger partial charge in [-0.3, -0.25) is 9.69 Å². The second-order valence-electron chi connectivity index (χ2n) is 7.83. The Bertz CT molecular complexity index is 759. The molecule has 1 saturated carbocycles. The van der Waals surface area contributed by atoms with Gasteiger partial charge in [-0.1, -0.05) is 6.07 Å². The molecule has 8 heteroatoms. The highest BCUT2D eigenvalue weighted by molar-refractivity contribution is 5.89. The van der Waals surface area contributed by atoms with Gasteiger partial charge < -0.3 is 10.1 Å². The van der Waals surface area contributed by atoms with Crippen molar-refractivity contribution in [2.75, 3.05) is 45.2 Å². The molecule has 1 aromatic carbocycles. The van der Waals surface area contributed by atoms with Crippen molar-refractivity contribution in [1.82, 2.24) is 15.3 Å². The minimum Gasteiger partial charge on any atom is -0.442 e. The first-order chi connectivity index (χ1) is 12.8. The summed E-state index contributed by atoms with van der Waals surface area (Å²) in [6.45, 7) is 3.89. The van der Waals surface area contributed by atoms with Gasteiger partial charge in [0.25, 0.3) is 0 Å². The summed E-state index contributed by atoms with van der Waals surface area (Å²) in [5.41, 5.74) is 1.24. The third-order valence-corrected chi connectivity index (χ3v) is 5.85. The fraction of sp³-hybridized carbons (Fsp3) is 0.579. The highest BCUT2D eigenvalue weighted by atomic mass is 19.1. The SMILES string of the molecule is CC(=O)NC[C@H]1CN(c2ccc([C@H]3[C@@H]4CN(N(C)C)C[C@@H]43)c(F)c2)C(=O)O1. The van der Waals surface area contributed by atoms with Gasteiger partial charge in [0, 0.05) is 34.1 Å². The first-order valence-corrected chi connectivity index (χ1v) is 9.29. The molecule has 1 N–H and O–H groups in total. The summed E-state index contributed by atoms with van der Waals surface area (Å²) >= 11 is 0. The molecule has 3 aliphatic rings. The van der Waals surface area contributed by atoms with Crippen molar-refractivity contribution in [1.29, 1.82) is 0 Å². The van der Waals surface area contributed by atoms with Gasteiger partial charge in [0.05, 0.1) is 18.8 Å². The summed E-state index contributed by atoms with van der Waals surface area (Å²) in [5, 5.41) is 7.01. The number of nitrogens with zero attached hydrogens (tertiary/aromatic N) is 3. The second-order valence-corrected chi connectivity index (χ2v) is 7.83. The predicted octanol–water partition coefficient (Wildman–Crippen LogP) is 1.41. The van der Waals surface area contributed by atoms with Crippen LogP contribution in [0.15, 0.2) is 18.2 Å². The molecule has 3 fully saturated rings. The number of amides is 2. The van der Waals surface area contributed by atoms with Crippen LogP contribution in [0.1, 0.15) is 18.4 Å². The van der Waals surface area contributed by atoms with Crippen molar-refractivity contribution in [3.05, 3.63) is 29.6 Å². The molecule has 0 bridgehead atoms. The van der Waals surface area contributed by atoms with Crippen molar-refractivity contribution in [2.24, 2.45) is 11.8 Å². The summed E-state index contributed by atoms with van der Waals surface area (Å²) in [6, 6.07) is 5.02. The minimum absolute atomic E-state index is 0.178. The van der Waals surface area contributed by atoms with Gasteiger partial charge in [-0.05, 0) is 35.4 Å².